The molecule has 0 aliphatic heterocycles. The van der Waals surface area contributed by atoms with Gasteiger partial charge in [-0.15, -0.1) is 0 Å². The van der Waals surface area contributed by atoms with Crippen molar-refractivity contribution in [2.75, 3.05) is 33.0 Å². The third-order valence-electron chi connectivity index (χ3n) is 4.72. The number of rotatable bonds is 13. The van der Waals surface area contributed by atoms with Gasteiger partial charge in [-0.1, -0.05) is 20.8 Å². The summed E-state index contributed by atoms with van der Waals surface area (Å²) in [4.78, 5) is 35.5. The van der Waals surface area contributed by atoms with Crippen LogP contribution in [0.2, 0.25) is 0 Å². The molecule has 0 bridgehead atoms. The van der Waals surface area contributed by atoms with Crippen LogP contribution >= 0.6 is 0 Å². The molecule has 0 spiro atoms. The van der Waals surface area contributed by atoms with Gasteiger partial charge in [0.2, 0.25) is 11.8 Å². The van der Waals surface area contributed by atoms with Gasteiger partial charge < -0.3 is 20.1 Å². The van der Waals surface area contributed by atoms with Crippen molar-refractivity contribution >= 4 is 17.6 Å². The van der Waals surface area contributed by atoms with E-state index in [1.165, 1.54) is 0 Å². The first-order valence-electron chi connectivity index (χ1n) is 10.2. The van der Waals surface area contributed by atoms with E-state index in [0.717, 1.165) is 32.1 Å². The summed E-state index contributed by atoms with van der Waals surface area (Å²) in [6.45, 7) is 7.72. The van der Waals surface area contributed by atoms with Crippen LogP contribution in [0, 0.1) is 11.8 Å². The fourth-order valence-corrected chi connectivity index (χ4v) is 2.94. The molecule has 0 unspecified atom stereocenters. The maximum absolute atomic E-state index is 12.2. The normalized spacial score (nSPS) is 19.7. The molecular weight excluding hydrogens is 348 g/mol. The van der Waals surface area contributed by atoms with Crippen molar-refractivity contribution in [1.82, 2.24) is 10.6 Å². The van der Waals surface area contributed by atoms with Gasteiger partial charge in [0.05, 0.1) is 13.2 Å². The van der Waals surface area contributed by atoms with Crippen LogP contribution in [0.15, 0.2) is 0 Å². The molecule has 0 radical (unpaired) electrons. The molecule has 1 aliphatic carbocycles. The third-order valence-corrected chi connectivity index (χ3v) is 4.72. The molecule has 0 aromatic rings. The lowest BCUT2D eigenvalue weighted by atomic mass is 9.85. The zero-order valence-corrected chi connectivity index (χ0v) is 17.1. The maximum atomic E-state index is 12.2. The molecule has 1 rings (SSSR count). The standard InChI is InChI=1S/C20H36N2O5/c1-4-11-26-12-9-19(24)22-17-7-5-16(6-8-17)20(25)21-10-13-27-14-18(23)15(2)3/h15-17H,4-14H2,1-3H3,(H,21,25)(H,22,24). The molecular formula is C20H36N2O5. The number of nitrogens with one attached hydrogen (secondary N) is 2. The average molecular weight is 385 g/mol. The Kier molecular flexibility index (Phi) is 11.9. The second-order valence-electron chi connectivity index (χ2n) is 7.44. The van der Waals surface area contributed by atoms with E-state index >= 15 is 0 Å². The third kappa shape index (κ3) is 10.4. The number of carbonyl (C=O) groups excluding carboxylic acids is 3. The van der Waals surface area contributed by atoms with Gasteiger partial charge in [-0.25, -0.2) is 0 Å². The van der Waals surface area contributed by atoms with E-state index in [1.807, 2.05) is 20.8 Å². The highest BCUT2D eigenvalue weighted by Gasteiger charge is 2.26. The first-order valence-corrected chi connectivity index (χ1v) is 10.2. The molecule has 1 aliphatic rings. The molecule has 0 saturated heterocycles. The fourth-order valence-electron chi connectivity index (χ4n) is 2.94. The Bertz CT molecular complexity index is 459. The van der Waals surface area contributed by atoms with Crippen molar-refractivity contribution in [1.29, 1.82) is 0 Å². The number of carbonyl (C=O) groups is 3. The van der Waals surface area contributed by atoms with Gasteiger partial charge in [-0.2, -0.15) is 0 Å². The minimum absolute atomic E-state index is 0.0108. The van der Waals surface area contributed by atoms with Crippen molar-refractivity contribution in [2.45, 2.75) is 65.3 Å². The molecule has 27 heavy (non-hydrogen) atoms. The largest absolute Gasteiger partial charge is 0.381 e. The molecule has 156 valence electrons. The van der Waals surface area contributed by atoms with Crippen LogP contribution in [0.3, 0.4) is 0 Å². The number of amides is 2. The van der Waals surface area contributed by atoms with Crippen LogP contribution in [0.4, 0.5) is 0 Å². The molecule has 1 fully saturated rings. The molecule has 0 aromatic heterocycles. The van der Waals surface area contributed by atoms with Crippen LogP contribution in [0.5, 0.6) is 0 Å². The number of Topliss-reactive ketones (excluding diaryl/α,β-unsaturated/α-hetero) is 1. The lowest BCUT2D eigenvalue weighted by molar-refractivity contribution is -0.127. The smallest absolute Gasteiger partial charge is 0.223 e. The highest BCUT2D eigenvalue weighted by Crippen LogP contribution is 2.24. The summed E-state index contributed by atoms with van der Waals surface area (Å²) in [6.07, 6.45) is 4.53. The van der Waals surface area contributed by atoms with E-state index in [-0.39, 0.29) is 42.1 Å². The van der Waals surface area contributed by atoms with E-state index in [1.54, 1.807) is 0 Å². The number of ketones is 1. The van der Waals surface area contributed by atoms with Gasteiger partial charge in [-0.3, -0.25) is 14.4 Å². The second kappa shape index (κ2) is 13.7. The van der Waals surface area contributed by atoms with Crippen LogP contribution in [-0.2, 0) is 23.9 Å². The van der Waals surface area contributed by atoms with Crippen molar-refractivity contribution in [3.8, 4) is 0 Å². The van der Waals surface area contributed by atoms with Crippen molar-refractivity contribution in [2.24, 2.45) is 11.8 Å². The lowest BCUT2D eigenvalue weighted by Gasteiger charge is -2.28. The molecule has 7 nitrogen and oxygen atoms in total. The Balaban J connectivity index is 2.10. The van der Waals surface area contributed by atoms with E-state index < -0.39 is 0 Å². The van der Waals surface area contributed by atoms with E-state index in [9.17, 15) is 14.4 Å². The summed E-state index contributed by atoms with van der Waals surface area (Å²) < 4.78 is 10.6. The van der Waals surface area contributed by atoms with E-state index in [2.05, 4.69) is 10.6 Å². The molecule has 7 heteroatoms. The van der Waals surface area contributed by atoms with Gasteiger partial charge in [0, 0.05) is 37.5 Å². The van der Waals surface area contributed by atoms with Crippen LogP contribution in [-0.4, -0.2) is 56.6 Å². The topological polar surface area (TPSA) is 93.7 Å². The monoisotopic (exact) mass is 384 g/mol. The summed E-state index contributed by atoms with van der Waals surface area (Å²) in [6, 6.07) is 0.151. The predicted octanol–water partition coefficient (Wildman–Crippen LogP) is 1.84. The quantitative estimate of drug-likeness (QED) is 0.473. The van der Waals surface area contributed by atoms with Gasteiger partial charge >= 0.3 is 0 Å². The first kappa shape index (κ1) is 23.6. The SMILES string of the molecule is CCCOCCC(=O)NC1CCC(C(=O)NCCOCC(=O)C(C)C)CC1. The highest BCUT2D eigenvalue weighted by atomic mass is 16.5. The predicted molar refractivity (Wildman–Crippen MR) is 103 cm³/mol. The molecule has 2 N–H and O–H groups in total. The fraction of sp³-hybridized carbons (Fsp3) is 0.850. The minimum Gasteiger partial charge on any atom is -0.381 e. The zero-order valence-electron chi connectivity index (χ0n) is 17.1. The summed E-state index contributed by atoms with van der Waals surface area (Å²) in [5.74, 6) is 0.0831. The first-order chi connectivity index (χ1) is 12.9. The Morgan fingerprint density at radius 2 is 1.70 bits per heavy atom. The lowest BCUT2D eigenvalue weighted by Crippen LogP contribution is -2.41. The molecule has 0 heterocycles. The van der Waals surface area contributed by atoms with Crippen molar-refractivity contribution in [3.05, 3.63) is 0 Å². The Morgan fingerprint density at radius 3 is 2.33 bits per heavy atom. The molecule has 2 amide bonds. The summed E-state index contributed by atoms with van der Waals surface area (Å²) in [7, 11) is 0. The van der Waals surface area contributed by atoms with Crippen LogP contribution < -0.4 is 10.6 Å². The van der Waals surface area contributed by atoms with E-state index in [0.29, 0.717) is 32.8 Å². The maximum Gasteiger partial charge on any atom is 0.223 e. The van der Waals surface area contributed by atoms with Gasteiger partial charge in [0.15, 0.2) is 5.78 Å². The van der Waals surface area contributed by atoms with E-state index in [4.69, 9.17) is 9.47 Å². The Hall–Kier alpha value is -1.47. The van der Waals surface area contributed by atoms with Gasteiger partial charge in [0.25, 0.3) is 0 Å². The summed E-state index contributed by atoms with van der Waals surface area (Å²) in [5.41, 5.74) is 0. The highest BCUT2D eigenvalue weighted by molar-refractivity contribution is 5.81. The number of hydrogen-bond donors (Lipinski definition) is 2. The Morgan fingerprint density at radius 1 is 1.00 bits per heavy atom. The van der Waals surface area contributed by atoms with Gasteiger partial charge in [0.1, 0.15) is 6.61 Å². The number of hydrogen-bond acceptors (Lipinski definition) is 5. The van der Waals surface area contributed by atoms with Crippen molar-refractivity contribution < 1.29 is 23.9 Å². The van der Waals surface area contributed by atoms with Crippen LogP contribution in [0.1, 0.15) is 59.3 Å². The summed E-state index contributed by atoms with van der Waals surface area (Å²) >= 11 is 0. The molecule has 0 atom stereocenters. The van der Waals surface area contributed by atoms with Gasteiger partial charge in [-0.05, 0) is 32.1 Å². The average Bonchev–Trinajstić information content (AvgIpc) is 2.65. The Labute approximate surface area is 162 Å². The zero-order chi connectivity index (χ0) is 20.1. The van der Waals surface area contributed by atoms with Crippen LogP contribution in [0.25, 0.3) is 0 Å². The summed E-state index contributed by atoms with van der Waals surface area (Å²) in [5, 5.41) is 5.90. The van der Waals surface area contributed by atoms with Crippen molar-refractivity contribution in [3.63, 3.8) is 0 Å². The minimum atomic E-state index is -0.0286. The second-order valence-corrected chi connectivity index (χ2v) is 7.44. The molecule has 0 aromatic carbocycles. The molecule has 1 saturated carbocycles. The number of ether oxygens (including phenoxy) is 2.